The summed E-state index contributed by atoms with van der Waals surface area (Å²) in [5.74, 6) is 1.16. The lowest BCUT2D eigenvalue weighted by molar-refractivity contribution is 0.0293. The molecule has 0 aliphatic carbocycles. The fourth-order valence-electron chi connectivity index (χ4n) is 3.01. The predicted molar refractivity (Wildman–Crippen MR) is 72.0 cm³/mol. The highest BCUT2D eigenvalue weighted by atomic mass is 35.5. The molecule has 0 bridgehead atoms. The van der Waals surface area contributed by atoms with E-state index in [1.807, 2.05) is 0 Å². The molecule has 0 unspecified atom stereocenters. The van der Waals surface area contributed by atoms with Crippen molar-refractivity contribution in [2.24, 2.45) is 0 Å². The Kier molecular flexibility index (Phi) is 3.76. The van der Waals surface area contributed by atoms with Crippen LogP contribution in [0.1, 0.15) is 42.4 Å². The fourth-order valence-corrected chi connectivity index (χ4v) is 3.01. The van der Waals surface area contributed by atoms with Crippen LogP contribution < -0.4 is 5.32 Å². The second-order valence-corrected chi connectivity index (χ2v) is 5.18. The molecular formula is C14H20ClNO. The maximum absolute atomic E-state index is 5.96. The zero-order valence-corrected chi connectivity index (χ0v) is 11.2. The summed E-state index contributed by atoms with van der Waals surface area (Å²) >= 11 is 0. The molecule has 1 N–H and O–H groups in total. The highest BCUT2D eigenvalue weighted by molar-refractivity contribution is 5.85. The maximum Gasteiger partial charge on any atom is 0.0784 e. The van der Waals surface area contributed by atoms with Gasteiger partial charge in [0.1, 0.15) is 0 Å². The van der Waals surface area contributed by atoms with Gasteiger partial charge in [-0.25, -0.2) is 0 Å². The van der Waals surface area contributed by atoms with Gasteiger partial charge in [-0.1, -0.05) is 32.0 Å². The van der Waals surface area contributed by atoms with Crippen molar-refractivity contribution >= 4 is 12.4 Å². The average Bonchev–Trinajstić information content (AvgIpc) is 2.76. The summed E-state index contributed by atoms with van der Waals surface area (Å²) in [6.45, 7) is 7.39. The SMILES string of the molecule is CC(C)c1cccc2c1CO[C@H]1CNC[C@@H]21.Cl. The van der Waals surface area contributed by atoms with Gasteiger partial charge in [-0.3, -0.25) is 0 Å². The van der Waals surface area contributed by atoms with E-state index in [1.54, 1.807) is 0 Å². The van der Waals surface area contributed by atoms with Crippen LogP contribution in [0.5, 0.6) is 0 Å². The molecule has 1 saturated heterocycles. The third-order valence-electron chi connectivity index (χ3n) is 3.87. The van der Waals surface area contributed by atoms with Crippen LogP contribution in [0.25, 0.3) is 0 Å². The smallest absolute Gasteiger partial charge is 0.0784 e. The Balaban J connectivity index is 0.00000108. The number of benzene rings is 1. The van der Waals surface area contributed by atoms with E-state index in [9.17, 15) is 0 Å². The summed E-state index contributed by atoms with van der Waals surface area (Å²) in [7, 11) is 0. The van der Waals surface area contributed by atoms with Crippen LogP contribution in [-0.2, 0) is 11.3 Å². The number of hydrogen-bond acceptors (Lipinski definition) is 2. The van der Waals surface area contributed by atoms with Crippen molar-refractivity contribution in [1.29, 1.82) is 0 Å². The second kappa shape index (κ2) is 4.97. The first-order valence-corrected chi connectivity index (χ1v) is 6.21. The first-order chi connectivity index (χ1) is 7.77. The lowest BCUT2D eigenvalue weighted by Gasteiger charge is -2.30. The van der Waals surface area contributed by atoms with Crippen LogP contribution in [0, 0.1) is 0 Å². The molecule has 0 radical (unpaired) electrons. The molecule has 0 spiro atoms. The van der Waals surface area contributed by atoms with Gasteiger partial charge in [0.15, 0.2) is 0 Å². The third-order valence-corrected chi connectivity index (χ3v) is 3.87. The van der Waals surface area contributed by atoms with E-state index in [2.05, 4.69) is 37.4 Å². The molecule has 2 heterocycles. The van der Waals surface area contributed by atoms with Crippen molar-refractivity contribution in [3.63, 3.8) is 0 Å². The zero-order valence-electron chi connectivity index (χ0n) is 10.4. The van der Waals surface area contributed by atoms with Crippen molar-refractivity contribution in [2.45, 2.75) is 38.4 Å². The monoisotopic (exact) mass is 253 g/mol. The molecule has 1 fully saturated rings. The molecular weight excluding hydrogens is 234 g/mol. The lowest BCUT2D eigenvalue weighted by Crippen LogP contribution is -2.27. The molecule has 17 heavy (non-hydrogen) atoms. The highest BCUT2D eigenvalue weighted by Gasteiger charge is 2.35. The van der Waals surface area contributed by atoms with Crippen molar-refractivity contribution < 1.29 is 4.74 Å². The van der Waals surface area contributed by atoms with Crippen LogP contribution in [0.15, 0.2) is 18.2 Å². The molecule has 0 amide bonds. The summed E-state index contributed by atoms with van der Waals surface area (Å²) < 4.78 is 5.96. The number of halogens is 1. The Morgan fingerprint density at radius 1 is 1.29 bits per heavy atom. The minimum Gasteiger partial charge on any atom is -0.372 e. The minimum atomic E-state index is 0. The van der Waals surface area contributed by atoms with Crippen molar-refractivity contribution in [1.82, 2.24) is 5.32 Å². The van der Waals surface area contributed by atoms with E-state index >= 15 is 0 Å². The van der Waals surface area contributed by atoms with Crippen LogP contribution in [0.3, 0.4) is 0 Å². The molecule has 3 heteroatoms. The molecule has 2 atom stereocenters. The van der Waals surface area contributed by atoms with Gasteiger partial charge < -0.3 is 10.1 Å². The second-order valence-electron chi connectivity index (χ2n) is 5.18. The molecule has 0 aromatic heterocycles. The molecule has 1 aromatic carbocycles. The Hall–Kier alpha value is -0.570. The van der Waals surface area contributed by atoms with Crippen LogP contribution in [-0.4, -0.2) is 19.2 Å². The van der Waals surface area contributed by atoms with E-state index < -0.39 is 0 Å². The van der Waals surface area contributed by atoms with E-state index in [4.69, 9.17) is 4.74 Å². The highest BCUT2D eigenvalue weighted by Crippen LogP contribution is 2.36. The number of rotatable bonds is 1. The summed E-state index contributed by atoms with van der Waals surface area (Å²) in [5, 5.41) is 3.43. The van der Waals surface area contributed by atoms with Gasteiger partial charge in [-0.05, 0) is 22.6 Å². The molecule has 94 valence electrons. The van der Waals surface area contributed by atoms with Gasteiger partial charge in [0.05, 0.1) is 12.7 Å². The first kappa shape index (κ1) is 12.9. The topological polar surface area (TPSA) is 21.3 Å². The quantitative estimate of drug-likeness (QED) is 0.831. The van der Waals surface area contributed by atoms with Gasteiger partial charge in [0.25, 0.3) is 0 Å². The van der Waals surface area contributed by atoms with Gasteiger partial charge >= 0.3 is 0 Å². The van der Waals surface area contributed by atoms with Crippen LogP contribution in [0.2, 0.25) is 0 Å². The largest absolute Gasteiger partial charge is 0.372 e. The summed E-state index contributed by atoms with van der Waals surface area (Å²) in [6.07, 6.45) is 0.398. The summed E-state index contributed by atoms with van der Waals surface area (Å²) in [6, 6.07) is 6.73. The molecule has 1 aromatic rings. The van der Waals surface area contributed by atoms with Crippen LogP contribution >= 0.6 is 12.4 Å². The van der Waals surface area contributed by atoms with E-state index in [0.29, 0.717) is 17.9 Å². The Morgan fingerprint density at radius 3 is 2.88 bits per heavy atom. The van der Waals surface area contributed by atoms with Gasteiger partial charge in [0, 0.05) is 19.0 Å². The van der Waals surface area contributed by atoms with Gasteiger partial charge in [0.2, 0.25) is 0 Å². The van der Waals surface area contributed by atoms with Crippen molar-refractivity contribution in [3.8, 4) is 0 Å². The van der Waals surface area contributed by atoms with Crippen LogP contribution in [0.4, 0.5) is 0 Å². The molecule has 2 aliphatic heterocycles. The summed E-state index contributed by atoms with van der Waals surface area (Å²) in [5.41, 5.74) is 4.43. The molecule has 3 rings (SSSR count). The molecule has 2 nitrogen and oxygen atoms in total. The number of hydrogen-bond donors (Lipinski definition) is 1. The Morgan fingerprint density at radius 2 is 2.12 bits per heavy atom. The first-order valence-electron chi connectivity index (χ1n) is 6.21. The fraction of sp³-hybridized carbons (Fsp3) is 0.571. The zero-order chi connectivity index (χ0) is 11.1. The van der Waals surface area contributed by atoms with Gasteiger partial charge in [-0.2, -0.15) is 0 Å². The lowest BCUT2D eigenvalue weighted by atomic mass is 9.84. The maximum atomic E-state index is 5.96. The van der Waals surface area contributed by atoms with Gasteiger partial charge in [-0.15, -0.1) is 12.4 Å². The van der Waals surface area contributed by atoms with Crippen molar-refractivity contribution in [2.75, 3.05) is 13.1 Å². The third kappa shape index (κ3) is 2.10. The summed E-state index contributed by atoms with van der Waals surface area (Å²) in [4.78, 5) is 0. The Labute approximate surface area is 109 Å². The number of ether oxygens (including phenoxy) is 1. The minimum absolute atomic E-state index is 0. The molecule has 0 saturated carbocycles. The molecule has 2 aliphatic rings. The standard InChI is InChI=1S/C14H19NO.ClH/c1-9(2)10-4-3-5-11-12-6-15-7-14(12)16-8-13(10)11;/h3-5,9,12,14-15H,6-8H2,1-2H3;1H/t12-,14-;/m0./s1. The number of fused-ring (bicyclic) bond motifs is 3. The Bertz CT molecular complexity index is 405. The average molecular weight is 254 g/mol. The predicted octanol–water partition coefficient (Wildman–Crippen LogP) is 2.82. The number of nitrogens with one attached hydrogen (secondary N) is 1. The van der Waals surface area contributed by atoms with E-state index in [0.717, 1.165) is 19.7 Å². The van der Waals surface area contributed by atoms with Crippen molar-refractivity contribution in [3.05, 3.63) is 34.9 Å². The van der Waals surface area contributed by atoms with E-state index in [1.165, 1.54) is 16.7 Å². The normalized spacial score (nSPS) is 26.3. The van der Waals surface area contributed by atoms with E-state index in [-0.39, 0.29) is 12.4 Å².